The van der Waals surface area contributed by atoms with Gasteiger partial charge in [-0.3, -0.25) is 4.99 Å². The average Bonchev–Trinajstić information content (AvgIpc) is 3.35. The van der Waals surface area contributed by atoms with Crippen molar-refractivity contribution < 1.29 is 13.2 Å². The minimum absolute atomic E-state index is 0.0641. The van der Waals surface area contributed by atoms with Crippen LogP contribution in [0, 0.1) is 0 Å². The lowest BCUT2D eigenvalue weighted by Gasteiger charge is -2.33. The van der Waals surface area contributed by atoms with Gasteiger partial charge in [0.25, 0.3) is 0 Å². The first-order valence-corrected chi connectivity index (χ1v) is 11.1. The molecule has 0 aromatic rings. The highest BCUT2D eigenvalue weighted by atomic mass is 32.2. The van der Waals surface area contributed by atoms with Crippen LogP contribution in [-0.4, -0.2) is 82.8 Å². The molecular weight excluding hydrogens is 328 g/mol. The molecule has 0 amide bonds. The smallest absolute Gasteiger partial charge is 0.191 e. The second kappa shape index (κ2) is 9.58. The average molecular weight is 361 g/mol. The fourth-order valence-electron chi connectivity index (χ4n) is 2.90. The van der Waals surface area contributed by atoms with E-state index in [2.05, 4.69) is 27.4 Å². The molecule has 7 nitrogen and oxygen atoms in total. The third kappa shape index (κ3) is 7.81. The van der Waals surface area contributed by atoms with E-state index in [1.807, 2.05) is 0 Å². The topological polar surface area (TPSA) is 83.0 Å². The van der Waals surface area contributed by atoms with Gasteiger partial charge in [-0.15, -0.1) is 0 Å². The van der Waals surface area contributed by atoms with E-state index in [-0.39, 0.29) is 12.4 Å². The number of hydrogen-bond acceptors (Lipinski definition) is 5. The van der Waals surface area contributed by atoms with Gasteiger partial charge in [0.2, 0.25) is 0 Å². The summed E-state index contributed by atoms with van der Waals surface area (Å²) in [6.45, 7) is 6.42. The van der Waals surface area contributed by atoms with Gasteiger partial charge < -0.3 is 20.3 Å². The summed E-state index contributed by atoms with van der Waals surface area (Å²) in [5.74, 6) is 0.892. The molecule has 1 heterocycles. The van der Waals surface area contributed by atoms with Crippen LogP contribution in [-0.2, 0) is 14.6 Å². The third-order valence-electron chi connectivity index (χ3n) is 4.38. The van der Waals surface area contributed by atoms with Gasteiger partial charge in [-0.2, -0.15) is 0 Å². The van der Waals surface area contributed by atoms with Crippen molar-refractivity contribution in [2.45, 2.75) is 44.7 Å². The molecule has 8 heteroatoms. The summed E-state index contributed by atoms with van der Waals surface area (Å²) in [7, 11) is -2.95. The Morgan fingerprint density at radius 1 is 1.21 bits per heavy atom. The zero-order valence-corrected chi connectivity index (χ0v) is 15.8. The molecule has 0 unspecified atom stereocenters. The van der Waals surface area contributed by atoms with Gasteiger partial charge in [0, 0.05) is 38.0 Å². The molecule has 0 aromatic carbocycles. The Morgan fingerprint density at radius 3 is 2.50 bits per heavy atom. The van der Waals surface area contributed by atoms with E-state index in [1.54, 1.807) is 0 Å². The molecule has 0 aromatic heterocycles. The molecule has 0 bridgehead atoms. The van der Waals surface area contributed by atoms with Crippen LogP contribution in [0.5, 0.6) is 0 Å². The van der Waals surface area contributed by atoms with Gasteiger partial charge in [0.1, 0.15) is 9.84 Å². The number of hydrogen-bond donors (Lipinski definition) is 2. The van der Waals surface area contributed by atoms with Crippen LogP contribution in [0.15, 0.2) is 4.99 Å². The van der Waals surface area contributed by atoms with E-state index in [0.717, 1.165) is 31.4 Å². The van der Waals surface area contributed by atoms with E-state index >= 15 is 0 Å². The van der Waals surface area contributed by atoms with E-state index in [4.69, 9.17) is 4.74 Å². The number of guanidine groups is 1. The van der Waals surface area contributed by atoms with Gasteiger partial charge in [0.05, 0.1) is 25.5 Å². The molecule has 140 valence electrons. The SMILES string of the molecule is CCNC(=NCCOCCS(C)(=O)=O)NC1CCN(C2CC2)CC1. The van der Waals surface area contributed by atoms with Crippen molar-refractivity contribution in [2.24, 2.45) is 4.99 Å². The second-order valence-corrected chi connectivity index (χ2v) is 8.95. The van der Waals surface area contributed by atoms with Gasteiger partial charge >= 0.3 is 0 Å². The lowest BCUT2D eigenvalue weighted by Crippen LogP contribution is -2.49. The molecule has 0 atom stereocenters. The maximum Gasteiger partial charge on any atom is 0.191 e. The highest BCUT2D eigenvalue weighted by Crippen LogP contribution is 2.29. The number of aliphatic imine (C=N–C) groups is 1. The van der Waals surface area contributed by atoms with Gasteiger partial charge in [-0.1, -0.05) is 0 Å². The van der Waals surface area contributed by atoms with E-state index in [1.165, 1.54) is 32.2 Å². The van der Waals surface area contributed by atoms with Gasteiger partial charge in [-0.05, 0) is 32.6 Å². The summed E-state index contributed by atoms with van der Waals surface area (Å²) in [6.07, 6.45) is 6.29. The fourth-order valence-corrected chi connectivity index (χ4v) is 3.32. The normalized spacial score (nSPS) is 21.0. The van der Waals surface area contributed by atoms with Crippen LogP contribution in [0.1, 0.15) is 32.6 Å². The number of likely N-dealkylation sites (tertiary alicyclic amines) is 1. The Hall–Kier alpha value is -0.860. The van der Waals surface area contributed by atoms with Crippen LogP contribution in [0.25, 0.3) is 0 Å². The Morgan fingerprint density at radius 2 is 1.92 bits per heavy atom. The first kappa shape index (κ1) is 19.5. The first-order valence-electron chi connectivity index (χ1n) is 9.02. The molecule has 1 aliphatic carbocycles. The third-order valence-corrected chi connectivity index (χ3v) is 5.29. The van der Waals surface area contributed by atoms with E-state index in [9.17, 15) is 8.42 Å². The zero-order valence-electron chi connectivity index (χ0n) is 15.0. The van der Waals surface area contributed by atoms with Crippen molar-refractivity contribution in [3.63, 3.8) is 0 Å². The summed E-state index contributed by atoms with van der Waals surface area (Å²) in [6, 6.07) is 1.33. The number of nitrogens with zero attached hydrogens (tertiary/aromatic N) is 2. The van der Waals surface area contributed by atoms with Crippen molar-refractivity contribution in [3.8, 4) is 0 Å². The predicted octanol–water partition coefficient (Wildman–Crippen LogP) is 0.230. The van der Waals surface area contributed by atoms with Gasteiger partial charge in [-0.25, -0.2) is 8.42 Å². The molecule has 0 spiro atoms. The molecule has 0 radical (unpaired) electrons. The molecule has 2 rings (SSSR count). The van der Waals surface area contributed by atoms with Crippen molar-refractivity contribution in [1.29, 1.82) is 0 Å². The maximum atomic E-state index is 11.0. The monoisotopic (exact) mass is 360 g/mol. The number of ether oxygens (including phenoxy) is 1. The van der Waals surface area contributed by atoms with Crippen LogP contribution in [0.3, 0.4) is 0 Å². The molecule has 1 saturated heterocycles. The molecule has 24 heavy (non-hydrogen) atoms. The molecule has 2 aliphatic rings. The van der Waals surface area contributed by atoms with Gasteiger partial charge in [0.15, 0.2) is 5.96 Å². The van der Waals surface area contributed by atoms with E-state index < -0.39 is 9.84 Å². The lowest BCUT2D eigenvalue weighted by atomic mass is 10.1. The van der Waals surface area contributed by atoms with Crippen molar-refractivity contribution in [1.82, 2.24) is 15.5 Å². The minimum atomic E-state index is -2.95. The van der Waals surface area contributed by atoms with Crippen molar-refractivity contribution in [2.75, 3.05) is 51.4 Å². The van der Waals surface area contributed by atoms with Crippen LogP contribution >= 0.6 is 0 Å². The predicted molar refractivity (Wildman–Crippen MR) is 97.3 cm³/mol. The summed E-state index contributed by atoms with van der Waals surface area (Å²) in [5, 5.41) is 6.78. The standard InChI is InChI=1S/C16H32N4O3S/c1-3-17-16(18-8-11-23-12-13-24(2,21)22)19-14-6-9-20(10-7-14)15-4-5-15/h14-15H,3-13H2,1-2H3,(H2,17,18,19). The number of sulfone groups is 1. The number of piperidine rings is 1. The highest BCUT2D eigenvalue weighted by Gasteiger charge is 2.31. The Kier molecular flexibility index (Phi) is 7.77. The summed E-state index contributed by atoms with van der Waals surface area (Å²) in [4.78, 5) is 7.12. The molecule has 1 saturated carbocycles. The van der Waals surface area contributed by atoms with Crippen LogP contribution < -0.4 is 10.6 Å². The molecule has 2 fully saturated rings. The molecule has 2 N–H and O–H groups in total. The Labute approximate surface area is 146 Å². The second-order valence-electron chi connectivity index (χ2n) is 6.69. The van der Waals surface area contributed by atoms with Crippen molar-refractivity contribution in [3.05, 3.63) is 0 Å². The summed E-state index contributed by atoms with van der Waals surface area (Å²) >= 11 is 0. The maximum absolute atomic E-state index is 11.0. The quantitative estimate of drug-likeness (QED) is 0.348. The van der Waals surface area contributed by atoms with Crippen LogP contribution in [0.2, 0.25) is 0 Å². The molecular formula is C16H32N4O3S. The lowest BCUT2D eigenvalue weighted by molar-refractivity contribution is 0.157. The number of rotatable bonds is 9. The van der Waals surface area contributed by atoms with Crippen molar-refractivity contribution >= 4 is 15.8 Å². The molecule has 1 aliphatic heterocycles. The summed E-state index contributed by atoms with van der Waals surface area (Å²) in [5.41, 5.74) is 0. The van der Waals surface area contributed by atoms with E-state index in [0.29, 0.717) is 19.2 Å². The largest absolute Gasteiger partial charge is 0.378 e. The first-order chi connectivity index (χ1) is 11.5. The number of nitrogens with one attached hydrogen (secondary N) is 2. The van der Waals surface area contributed by atoms with Crippen LogP contribution in [0.4, 0.5) is 0 Å². The summed E-state index contributed by atoms with van der Waals surface area (Å²) < 4.78 is 27.4. The Balaban J connectivity index is 1.64. The Bertz CT molecular complexity index is 497. The zero-order chi connectivity index (χ0) is 17.4. The minimum Gasteiger partial charge on any atom is -0.378 e. The fraction of sp³-hybridized carbons (Fsp3) is 0.938. The highest BCUT2D eigenvalue weighted by molar-refractivity contribution is 7.90.